The molecule has 0 heterocycles. The summed E-state index contributed by atoms with van der Waals surface area (Å²) in [4.78, 5) is 13.5. The Morgan fingerprint density at radius 1 is 1.35 bits per heavy atom. The van der Waals surface area contributed by atoms with Gasteiger partial charge in [-0.3, -0.25) is 4.79 Å². The number of aliphatic hydroxyl groups is 1. The van der Waals surface area contributed by atoms with Gasteiger partial charge in [0.2, 0.25) is 0 Å². The number of hydrogen-bond donors (Lipinski definition) is 2. The van der Waals surface area contributed by atoms with Crippen molar-refractivity contribution in [3.8, 4) is 11.5 Å². The maximum atomic E-state index is 12.0. The highest BCUT2D eigenvalue weighted by Gasteiger charge is 2.33. The molecule has 2 rings (SSSR count). The highest BCUT2D eigenvalue weighted by atomic mass is 16.5. The minimum absolute atomic E-state index is 0.0115. The Balaban J connectivity index is 1.84. The zero-order valence-corrected chi connectivity index (χ0v) is 11.7. The molecule has 5 nitrogen and oxygen atoms in total. The van der Waals surface area contributed by atoms with Crippen LogP contribution in [0.1, 0.15) is 25.7 Å². The van der Waals surface area contributed by atoms with E-state index >= 15 is 0 Å². The van der Waals surface area contributed by atoms with Crippen molar-refractivity contribution in [3.05, 3.63) is 24.3 Å². The van der Waals surface area contributed by atoms with Crippen molar-refractivity contribution in [3.63, 3.8) is 0 Å². The minimum atomic E-state index is -0.751. The predicted molar refractivity (Wildman–Crippen MR) is 74.7 cm³/mol. The summed E-state index contributed by atoms with van der Waals surface area (Å²) in [5.41, 5.74) is -0.751. The lowest BCUT2D eigenvalue weighted by molar-refractivity contribution is -0.135. The van der Waals surface area contributed by atoms with E-state index in [2.05, 4.69) is 0 Å². The third kappa shape index (κ3) is 3.63. The first-order valence-electron chi connectivity index (χ1n) is 6.87. The molecule has 1 aromatic rings. The van der Waals surface area contributed by atoms with Crippen molar-refractivity contribution in [1.82, 2.24) is 4.90 Å². The minimum Gasteiger partial charge on any atom is -0.504 e. The topological polar surface area (TPSA) is 70.0 Å². The van der Waals surface area contributed by atoms with Crippen molar-refractivity contribution in [2.24, 2.45) is 0 Å². The molecule has 0 aliphatic heterocycles. The third-order valence-electron chi connectivity index (χ3n) is 3.71. The Morgan fingerprint density at radius 2 is 2.00 bits per heavy atom. The van der Waals surface area contributed by atoms with E-state index in [1.807, 2.05) is 0 Å². The van der Waals surface area contributed by atoms with Crippen LogP contribution in [0.2, 0.25) is 0 Å². The molecule has 0 spiro atoms. The monoisotopic (exact) mass is 279 g/mol. The number of phenols is 1. The SMILES string of the molecule is CN(CC1(O)CCCC1)C(=O)COc1ccccc1O. The number of aromatic hydroxyl groups is 1. The van der Waals surface area contributed by atoms with Gasteiger partial charge in [0.05, 0.1) is 5.60 Å². The van der Waals surface area contributed by atoms with Gasteiger partial charge in [0.1, 0.15) is 0 Å². The summed E-state index contributed by atoms with van der Waals surface area (Å²) in [7, 11) is 1.66. The van der Waals surface area contributed by atoms with Crippen LogP contribution in [-0.4, -0.2) is 46.8 Å². The number of para-hydroxylation sites is 2. The first kappa shape index (κ1) is 14.7. The number of likely N-dealkylation sites (N-methyl/N-ethyl adjacent to an activating group) is 1. The molecule has 110 valence electrons. The van der Waals surface area contributed by atoms with Crippen molar-refractivity contribution in [2.75, 3.05) is 20.2 Å². The fourth-order valence-corrected chi connectivity index (χ4v) is 2.55. The number of hydrogen-bond acceptors (Lipinski definition) is 4. The van der Waals surface area contributed by atoms with Gasteiger partial charge in [0, 0.05) is 13.6 Å². The van der Waals surface area contributed by atoms with Crippen LogP contribution in [0.25, 0.3) is 0 Å². The molecular formula is C15H21NO4. The van der Waals surface area contributed by atoms with E-state index in [9.17, 15) is 15.0 Å². The van der Waals surface area contributed by atoms with Crippen molar-refractivity contribution in [1.29, 1.82) is 0 Å². The maximum Gasteiger partial charge on any atom is 0.260 e. The van der Waals surface area contributed by atoms with Crippen LogP contribution in [0.5, 0.6) is 11.5 Å². The average molecular weight is 279 g/mol. The fourth-order valence-electron chi connectivity index (χ4n) is 2.55. The molecule has 0 radical (unpaired) electrons. The maximum absolute atomic E-state index is 12.0. The molecule has 0 aromatic heterocycles. The molecule has 1 fully saturated rings. The van der Waals surface area contributed by atoms with E-state index in [1.54, 1.807) is 25.2 Å². The van der Waals surface area contributed by atoms with Gasteiger partial charge in [-0.25, -0.2) is 0 Å². The summed E-state index contributed by atoms with van der Waals surface area (Å²) in [5.74, 6) is 0.0831. The Kier molecular flexibility index (Phi) is 4.49. The van der Waals surface area contributed by atoms with Crippen LogP contribution in [-0.2, 0) is 4.79 Å². The summed E-state index contributed by atoms with van der Waals surface area (Å²) in [6.45, 7) is 0.181. The number of carbonyl (C=O) groups excluding carboxylic acids is 1. The Bertz CT molecular complexity index is 469. The third-order valence-corrected chi connectivity index (χ3v) is 3.71. The van der Waals surface area contributed by atoms with Gasteiger partial charge in [-0.15, -0.1) is 0 Å². The van der Waals surface area contributed by atoms with E-state index in [4.69, 9.17) is 4.74 Å². The molecule has 1 aliphatic rings. The van der Waals surface area contributed by atoms with Crippen LogP contribution in [0.3, 0.4) is 0 Å². The van der Waals surface area contributed by atoms with E-state index in [0.717, 1.165) is 25.7 Å². The van der Waals surface area contributed by atoms with E-state index in [-0.39, 0.29) is 24.0 Å². The van der Waals surface area contributed by atoms with Gasteiger partial charge in [-0.2, -0.15) is 0 Å². The summed E-state index contributed by atoms with van der Waals surface area (Å²) in [6.07, 6.45) is 3.50. The second-order valence-electron chi connectivity index (χ2n) is 5.44. The fraction of sp³-hybridized carbons (Fsp3) is 0.533. The number of benzene rings is 1. The lowest BCUT2D eigenvalue weighted by atomic mass is 10.0. The number of phenolic OH excluding ortho intramolecular Hbond substituents is 1. The predicted octanol–water partition coefficient (Wildman–Crippen LogP) is 1.53. The summed E-state index contributed by atoms with van der Waals surface area (Å²) in [5, 5.41) is 19.8. The highest BCUT2D eigenvalue weighted by Crippen LogP contribution is 2.30. The van der Waals surface area contributed by atoms with Crippen LogP contribution in [0, 0.1) is 0 Å². The van der Waals surface area contributed by atoms with Gasteiger partial charge in [-0.1, -0.05) is 25.0 Å². The normalized spacial score (nSPS) is 16.9. The molecule has 1 aromatic carbocycles. The lowest BCUT2D eigenvalue weighted by Gasteiger charge is -2.28. The van der Waals surface area contributed by atoms with Crippen LogP contribution < -0.4 is 4.74 Å². The molecule has 0 saturated heterocycles. The summed E-state index contributed by atoms with van der Waals surface area (Å²) >= 11 is 0. The Hall–Kier alpha value is -1.75. The number of nitrogens with zero attached hydrogens (tertiary/aromatic N) is 1. The molecule has 0 bridgehead atoms. The smallest absolute Gasteiger partial charge is 0.260 e. The molecule has 1 saturated carbocycles. The van der Waals surface area contributed by atoms with E-state index in [1.165, 1.54) is 11.0 Å². The molecule has 2 N–H and O–H groups in total. The van der Waals surface area contributed by atoms with Gasteiger partial charge >= 0.3 is 0 Å². The Morgan fingerprint density at radius 3 is 2.65 bits per heavy atom. The van der Waals surface area contributed by atoms with Crippen LogP contribution in [0.4, 0.5) is 0 Å². The molecule has 5 heteroatoms. The second-order valence-corrected chi connectivity index (χ2v) is 5.44. The first-order chi connectivity index (χ1) is 9.50. The Labute approximate surface area is 118 Å². The van der Waals surface area contributed by atoms with Crippen molar-refractivity contribution < 1.29 is 19.7 Å². The summed E-state index contributed by atoms with van der Waals surface area (Å²) in [6, 6.07) is 6.52. The van der Waals surface area contributed by atoms with Gasteiger partial charge in [-0.05, 0) is 25.0 Å². The van der Waals surface area contributed by atoms with E-state index in [0.29, 0.717) is 6.54 Å². The zero-order chi connectivity index (χ0) is 14.6. The highest BCUT2D eigenvalue weighted by molar-refractivity contribution is 5.77. The van der Waals surface area contributed by atoms with Gasteiger partial charge in [0.15, 0.2) is 18.1 Å². The van der Waals surface area contributed by atoms with Crippen LogP contribution >= 0.6 is 0 Å². The first-order valence-corrected chi connectivity index (χ1v) is 6.87. The van der Waals surface area contributed by atoms with Crippen molar-refractivity contribution in [2.45, 2.75) is 31.3 Å². The lowest BCUT2D eigenvalue weighted by Crippen LogP contribution is -2.43. The molecule has 0 atom stereocenters. The zero-order valence-electron chi connectivity index (χ0n) is 11.7. The molecule has 1 amide bonds. The number of rotatable bonds is 5. The molecule has 1 aliphatic carbocycles. The molecular weight excluding hydrogens is 258 g/mol. The van der Waals surface area contributed by atoms with Gasteiger partial charge in [0.25, 0.3) is 5.91 Å². The van der Waals surface area contributed by atoms with Crippen LogP contribution in [0.15, 0.2) is 24.3 Å². The number of ether oxygens (including phenoxy) is 1. The number of carbonyl (C=O) groups is 1. The van der Waals surface area contributed by atoms with E-state index < -0.39 is 5.60 Å². The average Bonchev–Trinajstić information content (AvgIpc) is 2.84. The second kappa shape index (κ2) is 6.13. The van der Waals surface area contributed by atoms with Crippen molar-refractivity contribution >= 4 is 5.91 Å². The summed E-state index contributed by atoms with van der Waals surface area (Å²) < 4.78 is 5.29. The largest absolute Gasteiger partial charge is 0.504 e. The van der Waals surface area contributed by atoms with Gasteiger partial charge < -0.3 is 19.8 Å². The molecule has 0 unspecified atom stereocenters. The quantitative estimate of drug-likeness (QED) is 0.857. The standard InChI is InChI=1S/C15H21NO4/c1-16(11-15(19)8-4-5-9-15)14(18)10-20-13-7-3-2-6-12(13)17/h2-3,6-7,17,19H,4-5,8-11H2,1H3. The molecule has 20 heavy (non-hydrogen) atoms. The number of amides is 1.